The van der Waals surface area contributed by atoms with Gasteiger partial charge < -0.3 is 9.47 Å². The molecule has 1 aliphatic heterocycles. The minimum Gasteiger partial charge on any atom is -0.422 e. The normalized spacial score (nSPS) is 45.3. The van der Waals surface area contributed by atoms with Gasteiger partial charge in [-0.3, -0.25) is 4.79 Å². The van der Waals surface area contributed by atoms with Gasteiger partial charge in [0.2, 0.25) is 0 Å². The number of carbonyl (C=O) groups excluding carboxylic acids is 2. The zero-order chi connectivity index (χ0) is 10.6. The van der Waals surface area contributed by atoms with Crippen LogP contribution in [-0.4, -0.2) is 17.7 Å². The minimum atomic E-state index is -0.948. The van der Waals surface area contributed by atoms with Crippen molar-refractivity contribution < 1.29 is 19.1 Å². The van der Waals surface area contributed by atoms with Crippen LogP contribution in [0.1, 0.15) is 19.3 Å². The number of carbonyl (C=O) groups is 2. The molecule has 1 heterocycles. The molecule has 80 valence electrons. The van der Waals surface area contributed by atoms with Crippen LogP contribution < -0.4 is 0 Å². The van der Waals surface area contributed by atoms with Crippen LogP contribution in [0.2, 0.25) is 0 Å². The Balaban J connectivity index is 1.90. The molecular formula is C11H12O4. The first-order valence-corrected chi connectivity index (χ1v) is 5.23. The Kier molecular flexibility index (Phi) is 1.56. The summed E-state index contributed by atoms with van der Waals surface area (Å²) in [6.45, 7) is 3.35. The van der Waals surface area contributed by atoms with E-state index in [9.17, 15) is 9.59 Å². The Hall–Kier alpha value is -1.32. The van der Waals surface area contributed by atoms with Gasteiger partial charge in [0.15, 0.2) is 0 Å². The standard InChI is InChI=1S/C11H12O4/c1-2-9(12)14-11-5-6-3-7(8(11)4-6)10(13)15-11/h2,6-8H,1,3-5H2. The molecule has 3 fully saturated rings. The Bertz CT molecular complexity index is 362. The summed E-state index contributed by atoms with van der Waals surface area (Å²) in [6, 6.07) is 0. The molecule has 0 amide bonds. The van der Waals surface area contributed by atoms with Crippen molar-refractivity contribution in [1.82, 2.24) is 0 Å². The predicted molar refractivity (Wildman–Crippen MR) is 49.4 cm³/mol. The first kappa shape index (κ1) is 8.95. The molecule has 0 aromatic carbocycles. The maximum Gasteiger partial charge on any atom is 0.333 e. The van der Waals surface area contributed by atoms with E-state index in [1.54, 1.807) is 0 Å². The Morgan fingerprint density at radius 2 is 2.40 bits per heavy atom. The smallest absolute Gasteiger partial charge is 0.333 e. The summed E-state index contributed by atoms with van der Waals surface area (Å²) in [5.41, 5.74) is 0. The summed E-state index contributed by atoms with van der Waals surface area (Å²) < 4.78 is 10.5. The highest BCUT2D eigenvalue weighted by atomic mass is 16.7. The Morgan fingerprint density at radius 1 is 1.60 bits per heavy atom. The van der Waals surface area contributed by atoms with E-state index >= 15 is 0 Å². The molecule has 4 heteroatoms. The highest BCUT2D eigenvalue weighted by molar-refractivity contribution is 5.83. The van der Waals surface area contributed by atoms with Crippen LogP contribution in [0.5, 0.6) is 0 Å². The first-order chi connectivity index (χ1) is 7.14. The molecule has 0 aromatic heterocycles. The summed E-state index contributed by atoms with van der Waals surface area (Å²) in [6.07, 6.45) is 3.62. The van der Waals surface area contributed by atoms with Gasteiger partial charge in [-0.1, -0.05) is 6.58 Å². The fourth-order valence-electron chi connectivity index (χ4n) is 3.32. The molecule has 3 aliphatic rings. The molecule has 4 nitrogen and oxygen atoms in total. The van der Waals surface area contributed by atoms with Crippen LogP contribution in [0.4, 0.5) is 0 Å². The number of fused-ring (bicyclic) bond motifs is 1. The molecule has 4 atom stereocenters. The van der Waals surface area contributed by atoms with Crippen molar-refractivity contribution in [3.8, 4) is 0 Å². The van der Waals surface area contributed by atoms with E-state index in [1.165, 1.54) is 0 Å². The van der Waals surface area contributed by atoms with Crippen LogP contribution >= 0.6 is 0 Å². The fraction of sp³-hybridized carbons (Fsp3) is 0.636. The minimum absolute atomic E-state index is 0.0404. The average Bonchev–Trinajstić information content (AvgIpc) is 2.76. The van der Waals surface area contributed by atoms with Gasteiger partial charge >= 0.3 is 11.9 Å². The lowest BCUT2D eigenvalue weighted by Gasteiger charge is -2.29. The molecule has 2 saturated carbocycles. The van der Waals surface area contributed by atoms with Crippen LogP contribution in [0, 0.1) is 17.8 Å². The lowest BCUT2D eigenvalue weighted by Crippen LogP contribution is -2.38. The van der Waals surface area contributed by atoms with Crippen LogP contribution in [-0.2, 0) is 19.1 Å². The molecule has 2 bridgehead atoms. The number of hydrogen-bond donors (Lipinski definition) is 0. The van der Waals surface area contributed by atoms with E-state index in [0.29, 0.717) is 12.3 Å². The lowest BCUT2D eigenvalue weighted by molar-refractivity contribution is -0.218. The third-order valence-electron chi connectivity index (χ3n) is 3.81. The second kappa shape index (κ2) is 2.62. The summed E-state index contributed by atoms with van der Waals surface area (Å²) in [5.74, 6) is -1.13. The van der Waals surface area contributed by atoms with Gasteiger partial charge in [-0.15, -0.1) is 0 Å². The van der Waals surface area contributed by atoms with Gasteiger partial charge in [0, 0.05) is 12.5 Å². The van der Waals surface area contributed by atoms with E-state index in [0.717, 1.165) is 18.9 Å². The molecule has 3 rings (SSSR count). The SMILES string of the molecule is C=CC(=O)OC12CC3CC(C(=O)O1)C2C3. The van der Waals surface area contributed by atoms with Crippen LogP contribution in [0.15, 0.2) is 12.7 Å². The van der Waals surface area contributed by atoms with Crippen LogP contribution in [0.3, 0.4) is 0 Å². The second-order valence-corrected chi connectivity index (χ2v) is 4.61. The van der Waals surface area contributed by atoms with Crippen molar-refractivity contribution in [3.05, 3.63) is 12.7 Å². The predicted octanol–water partition coefficient (Wildman–Crippen LogP) is 1.01. The van der Waals surface area contributed by atoms with Gasteiger partial charge in [0.1, 0.15) is 0 Å². The molecule has 15 heavy (non-hydrogen) atoms. The van der Waals surface area contributed by atoms with E-state index in [-0.39, 0.29) is 17.8 Å². The van der Waals surface area contributed by atoms with Gasteiger partial charge in [-0.2, -0.15) is 0 Å². The van der Waals surface area contributed by atoms with E-state index in [4.69, 9.17) is 9.47 Å². The van der Waals surface area contributed by atoms with Crippen molar-refractivity contribution in [2.24, 2.45) is 17.8 Å². The van der Waals surface area contributed by atoms with E-state index < -0.39 is 11.8 Å². The maximum absolute atomic E-state index is 11.5. The van der Waals surface area contributed by atoms with Gasteiger partial charge in [0.05, 0.1) is 11.8 Å². The average molecular weight is 208 g/mol. The lowest BCUT2D eigenvalue weighted by atomic mass is 9.87. The molecule has 0 radical (unpaired) electrons. The van der Waals surface area contributed by atoms with Gasteiger partial charge in [0.25, 0.3) is 5.79 Å². The Morgan fingerprint density at radius 3 is 3.07 bits per heavy atom. The van der Waals surface area contributed by atoms with Gasteiger partial charge in [-0.25, -0.2) is 4.79 Å². The fourth-order valence-corrected chi connectivity index (χ4v) is 3.32. The first-order valence-electron chi connectivity index (χ1n) is 5.23. The molecule has 0 N–H and O–H groups in total. The molecule has 2 aliphatic carbocycles. The highest BCUT2D eigenvalue weighted by Gasteiger charge is 2.68. The monoisotopic (exact) mass is 208 g/mol. The van der Waals surface area contributed by atoms with E-state index in [2.05, 4.69) is 6.58 Å². The molecule has 4 unspecified atom stereocenters. The molecule has 0 aromatic rings. The summed E-state index contributed by atoms with van der Waals surface area (Å²) in [7, 11) is 0. The van der Waals surface area contributed by atoms with Gasteiger partial charge in [-0.05, 0) is 18.8 Å². The molecular weight excluding hydrogens is 196 g/mol. The zero-order valence-electron chi connectivity index (χ0n) is 8.27. The van der Waals surface area contributed by atoms with Crippen LogP contribution in [0.25, 0.3) is 0 Å². The highest BCUT2D eigenvalue weighted by Crippen LogP contribution is 2.60. The Labute approximate surface area is 87.2 Å². The van der Waals surface area contributed by atoms with Crippen molar-refractivity contribution in [2.45, 2.75) is 25.0 Å². The third-order valence-corrected chi connectivity index (χ3v) is 3.81. The van der Waals surface area contributed by atoms with Crippen molar-refractivity contribution in [2.75, 3.05) is 0 Å². The zero-order valence-corrected chi connectivity index (χ0v) is 8.27. The maximum atomic E-state index is 11.5. The summed E-state index contributed by atoms with van der Waals surface area (Å²) in [4.78, 5) is 22.7. The molecule has 1 saturated heterocycles. The topological polar surface area (TPSA) is 52.6 Å². The van der Waals surface area contributed by atoms with Crippen molar-refractivity contribution >= 4 is 11.9 Å². The quantitative estimate of drug-likeness (QED) is 0.502. The number of hydrogen-bond acceptors (Lipinski definition) is 4. The second-order valence-electron chi connectivity index (χ2n) is 4.61. The van der Waals surface area contributed by atoms with Crippen molar-refractivity contribution in [1.29, 1.82) is 0 Å². The number of ether oxygens (including phenoxy) is 2. The third kappa shape index (κ3) is 1.02. The van der Waals surface area contributed by atoms with E-state index in [1.807, 2.05) is 0 Å². The summed E-state index contributed by atoms with van der Waals surface area (Å²) in [5, 5.41) is 0. The largest absolute Gasteiger partial charge is 0.422 e. The summed E-state index contributed by atoms with van der Waals surface area (Å²) >= 11 is 0. The molecule has 0 spiro atoms. The number of rotatable bonds is 2. The van der Waals surface area contributed by atoms with Crippen molar-refractivity contribution in [3.63, 3.8) is 0 Å². The number of esters is 2.